The second-order valence-electron chi connectivity index (χ2n) is 9.86. The standard InChI is InChI=1S/C31H40N4O2/c1-6-29(24-8-7-9-26(19-24)37-5)34-31(36)25-12-13-28(32)27(20-25)30(33)22(3)11-10-21(2)18-23-14-16-35(4)17-15-23/h7-13,19-20,23,29,33H,2-3,6,14-18,32H2,1,4-5H3,(H,34,36). The number of nitrogens with two attached hydrogens (primary N) is 1. The highest BCUT2D eigenvalue weighted by Gasteiger charge is 2.18. The lowest BCUT2D eigenvalue weighted by Gasteiger charge is -2.29. The van der Waals surface area contributed by atoms with Gasteiger partial charge >= 0.3 is 0 Å². The van der Waals surface area contributed by atoms with Gasteiger partial charge in [0.15, 0.2) is 0 Å². The van der Waals surface area contributed by atoms with Crippen LogP contribution in [0.25, 0.3) is 0 Å². The highest BCUT2D eigenvalue weighted by molar-refractivity contribution is 6.15. The maximum atomic E-state index is 13.1. The smallest absolute Gasteiger partial charge is 0.251 e. The number of hydrogen-bond acceptors (Lipinski definition) is 5. The normalized spacial score (nSPS) is 15.3. The molecule has 1 aliphatic heterocycles. The Morgan fingerprint density at radius 3 is 2.62 bits per heavy atom. The number of rotatable bonds is 11. The van der Waals surface area contributed by atoms with E-state index in [1.165, 1.54) is 12.8 Å². The molecule has 1 unspecified atom stereocenters. The van der Waals surface area contributed by atoms with E-state index in [0.29, 0.717) is 28.3 Å². The minimum Gasteiger partial charge on any atom is -0.497 e. The second-order valence-corrected chi connectivity index (χ2v) is 9.86. The van der Waals surface area contributed by atoms with E-state index in [1.807, 2.05) is 43.3 Å². The minimum absolute atomic E-state index is 0.170. The molecule has 1 atom stereocenters. The van der Waals surface area contributed by atoms with Crippen LogP contribution in [0.2, 0.25) is 0 Å². The highest BCUT2D eigenvalue weighted by Crippen LogP contribution is 2.25. The molecule has 0 aliphatic carbocycles. The van der Waals surface area contributed by atoms with Crippen LogP contribution in [-0.2, 0) is 0 Å². The summed E-state index contributed by atoms with van der Waals surface area (Å²) in [5.74, 6) is 1.17. The molecule has 0 radical (unpaired) electrons. The number of nitrogens with one attached hydrogen (secondary N) is 2. The fourth-order valence-electron chi connectivity index (χ4n) is 4.61. The quantitative estimate of drug-likeness (QED) is 0.203. The number of methoxy groups -OCH3 is 1. The first-order valence-corrected chi connectivity index (χ1v) is 12.9. The Labute approximate surface area is 221 Å². The third kappa shape index (κ3) is 7.67. The summed E-state index contributed by atoms with van der Waals surface area (Å²) < 4.78 is 5.32. The zero-order valence-corrected chi connectivity index (χ0v) is 22.3. The van der Waals surface area contributed by atoms with Gasteiger partial charge in [-0.2, -0.15) is 0 Å². The van der Waals surface area contributed by atoms with E-state index in [2.05, 4.69) is 30.4 Å². The first-order valence-electron chi connectivity index (χ1n) is 12.9. The van der Waals surface area contributed by atoms with Gasteiger partial charge in [-0.25, -0.2) is 0 Å². The van der Waals surface area contributed by atoms with E-state index < -0.39 is 0 Å². The summed E-state index contributed by atoms with van der Waals surface area (Å²) in [6, 6.07) is 12.5. The fraction of sp³-hybridized carbons (Fsp3) is 0.355. The number of allylic oxidation sites excluding steroid dienone is 4. The Bertz CT molecular complexity index is 1180. The number of likely N-dealkylation sites (tertiary alicyclic amines) is 1. The number of carbonyl (C=O) groups is 1. The van der Waals surface area contributed by atoms with Gasteiger partial charge in [0, 0.05) is 16.8 Å². The van der Waals surface area contributed by atoms with E-state index in [9.17, 15) is 4.79 Å². The van der Waals surface area contributed by atoms with Crippen molar-refractivity contribution in [3.05, 3.63) is 95.6 Å². The fourth-order valence-corrected chi connectivity index (χ4v) is 4.61. The Kier molecular flexibility index (Phi) is 9.86. The molecule has 0 aromatic heterocycles. The van der Waals surface area contributed by atoms with E-state index in [0.717, 1.165) is 42.8 Å². The maximum absolute atomic E-state index is 13.1. The molecular weight excluding hydrogens is 460 g/mol. The van der Waals surface area contributed by atoms with Crippen molar-refractivity contribution in [2.45, 2.75) is 38.6 Å². The van der Waals surface area contributed by atoms with Gasteiger partial charge in [0.1, 0.15) is 5.75 Å². The third-order valence-electron chi connectivity index (χ3n) is 7.02. The molecule has 1 saturated heterocycles. The molecular formula is C31H40N4O2. The van der Waals surface area contributed by atoms with Crippen LogP contribution in [0.15, 0.2) is 78.9 Å². The first kappa shape index (κ1) is 27.9. The molecule has 1 fully saturated rings. The van der Waals surface area contributed by atoms with Crippen molar-refractivity contribution in [2.24, 2.45) is 5.92 Å². The van der Waals surface area contributed by atoms with Crippen LogP contribution in [-0.4, -0.2) is 43.8 Å². The molecule has 0 spiro atoms. The van der Waals surface area contributed by atoms with Gasteiger partial charge in [-0.1, -0.05) is 49.9 Å². The molecule has 1 heterocycles. The number of nitrogen functional groups attached to an aromatic ring is 1. The monoisotopic (exact) mass is 500 g/mol. The Morgan fingerprint density at radius 1 is 1.22 bits per heavy atom. The topological polar surface area (TPSA) is 91.4 Å². The highest BCUT2D eigenvalue weighted by atomic mass is 16.5. The Hall–Kier alpha value is -3.64. The largest absolute Gasteiger partial charge is 0.497 e. The van der Waals surface area contributed by atoms with Crippen molar-refractivity contribution in [1.82, 2.24) is 10.2 Å². The summed E-state index contributed by atoms with van der Waals surface area (Å²) in [5, 5.41) is 11.8. The molecule has 0 bridgehead atoms. The lowest BCUT2D eigenvalue weighted by Crippen LogP contribution is -2.30. The molecule has 3 rings (SSSR count). The van der Waals surface area contributed by atoms with E-state index in [-0.39, 0.29) is 17.7 Å². The van der Waals surface area contributed by atoms with Gasteiger partial charge in [-0.05, 0) is 93.2 Å². The van der Waals surface area contributed by atoms with Gasteiger partial charge in [0.25, 0.3) is 5.91 Å². The molecule has 0 saturated carbocycles. The van der Waals surface area contributed by atoms with Gasteiger partial charge < -0.3 is 20.7 Å². The molecule has 4 N–H and O–H groups in total. The predicted molar refractivity (Wildman–Crippen MR) is 153 cm³/mol. The van der Waals surface area contributed by atoms with Gasteiger partial charge in [0.05, 0.1) is 18.9 Å². The lowest BCUT2D eigenvalue weighted by molar-refractivity contribution is 0.0935. The second kappa shape index (κ2) is 13.1. The van der Waals surface area contributed by atoms with Gasteiger partial charge in [-0.15, -0.1) is 0 Å². The van der Waals surface area contributed by atoms with Crippen LogP contribution in [0.5, 0.6) is 5.75 Å². The molecule has 6 nitrogen and oxygen atoms in total. The average Bonchev–Trinajstić information content (AvgIpc) is 2.91. The SMILES string of the molecule is C=C(C=CC(=C)C(=N)c1cc(C(=O)NC(CC)c2cccc(OC)c2)ccc1N)CC1CCN(C)CC1. The van der Waals surface area contributed by atoms with E-state index >= 15 is 0 Å². The van der Waals surface area contributed by atoms with Crippen molar-refractivity contribution in [1.29, 1.82) is 5.41 Å². The predicted octanol–water partition coefficient (Wildman–Crippen LogP) is 5.93. The zero-order chi connectivity index (χ0) is 26.9. The van der Waals surface area contributed by atoms with Crippen molar-refractivity contribution < 1.29 is 9.53 Å². The number of anilines is 1. The van der Waals surface area contributed by atoms with E-state index in [4.69, 9.17) is 15.9 Å². The van der Waals surface area contributed by atoms with Crippen LogP contribution in [0.4, 0.5) is 5.69 Å². The number of hydrogen-bond donors (Lipinski definition) is 3. The Morgan fingerprint density at radius 2 is 1.95 bits per heavy atom. The summed E-state index contributed by atoms with van der Waals surface area (Å²) in [6.45, 7) is 12.5. The zero-order valence-electron chi connectivity index (χ0n) is 22.3. The molecule has 37 heavy (non-hydrogen) atoms. The number of nitrogens with zero attached hydrogens (tertiary/aromatic N) is 1. The van der Waals surface area contributed by atoms with Crippen molar-refractivity contribution in [3.63, 3.8) is 0 Å². The summed E-state index contributed by atoms with van der Waals surface area (Å²) in [5.41, 5.74) is 10.3. The first-order chi connectivity index (χ1) is 17.7. The van der Waals surface area contributed by atoms with Crippen LogP contribution in [0.3, 0.4) is 0 Å². The molecule has 196 valence electrons. The summed E-state index contributed by atoms with van der Waals surface area (Å²) >= 11 is 0. The molecule has 2 aromatic carbocycles. The molecule has 2 aromatic rings. The van der Waals surface area contributed by atoms with Crippen molar-refractivity contribution in [3.8, 4) is 5.75 Å². The summed E-state index contributed by atoms with van der Waals surface area (Å²) in [6.07, 6.45) is 7.81. The molecule has 1 amide bonds. The Balaban J connectivity index is 1.66. The van der Waals surface area contributed by atoms with Crippen LogP contribution < -0.4 is 15.8 Å². The van der Waals surface area contributed by atoms with Crippen LogP contribution in [0, 0.1) is 11.3 Å². The number of benzene rings is 2. The van der Waals surface area contributed by atoms with Crippen molar-refractivity contribution in [2.75, 3.05) is 33.0 Å². The maximum Gasteiger partial charge on any atom is 0.251 e. The van der Waals surface area contributed by atoms with Gasteiger partial charge in [-0.3, -0.25) is 10.2 Å². The summed E-state index contributed by atoms with van der Waals surface area (Å²) in [4.78, 5) is 15.5. The number of amides is 1. The molecule has 1 aliphatic rings. The number of ether oxygens (including phenoxy) is 1. The van der Waals surface area contributed by atoms with Gasteiger partial charge in [0.2, 0.25) is 0 Å². The number of carbonyl (C=O) groups excluding carboxylic acids is 1. The number of piperidine rings is 1. The minimum atomic E-state index is -0.226. The van der Waals surface area contributed by atoms with Crippen LogP contribution >= 0.6 is 0 Å². The average molecular weight is 501 g/mol. The van der Waals surface area contributed by atoms with Crippen molar-refractivity contribution >= 4 is 17.3 Å². The molecule has 6 heteroatoms. The third-order valence-corrected chi connectivity index (χ3v) is 7.02. The van der Waals surface area contributed by atoms with E-state index in [1.54, 1.807) is 25.3 Å². The summed E-state index contributed by atoms with van der Waals surface area (Å²) in [7, 11) is 3.78. The lowest BCUT2D eigenvalue weighted by atomic mass is 9.90. The van der Waals surface area contributed by atoms with Crippen LogP contribution in [0.1, 0.15) is 60.1 Å².